The van der Waals surface area contributed by atoms with E-state index in [1.54, 1.807) is 17.0 Å². The zero-order chi connectivity index (χ0) is 17.6. The summed E-state index contributed by atoms with van der Waals surface area (Å²) in [5, 5.41) is 2.77. The minimum Gasteiger partial charge on any atom is -0.378 e. The summed E-state index contributed by atoms with van der Waals surface area (Å²) in [5.41, 5.74) is 0.702. The first-order valence-corrected chi connectivity index (χ1v) is 8.06. The Bertz CT molecular complexity index is 777. The molecule has 0 spiro atoms. The molecule has 3 rings (SSSR count). The predicted molar refractivity (Wildman–Crippen MR) is 91.1 cm³/mol. The molecule has 1 saturated heterocycles. The fourth-order valence-electron chi connectivity index (χ4n) is 2.67. The van der Waals surface area contributed by atoms with Gasteiger partial charge in [0.15, 0.2) is 0 Å². The number of carbonyl (C=O) groups excluding carboxylic acids is 2. The van der Waals surface area contributed by atoms with Crippen LogP contribution in [0.4, 0.5) is 0 Å². The SMILES string of the molecule is O=C(NC(C(=O)N1CCOCC1)c1ccccc1)c1ccc(=O)[nH]c1. The maximum atomic E-state index is 12.9. The van der Waals surface area contributed by atoms with Gasteiger partial charge >= 0.3 is 0 Å². The molecular weight excluding hydrogens is 322 g/mol. The molecule has 2 heterocycles. The van der Waals surface area contributed by atoms with Crippen LogP contribution in [0.1, 0.15) is 22.0 Å². The standard InChI is InChI=1S/C18H19N3O4/c22-15-7-6-14(12-19-15)17(23)20-16(13-4-2-1-3-5-13)18(24)21-8-10-25-11-9-21/h1-7,12,16H,8-11H2,(H,19,22)(H,20,23). The quantitative estimate of drug-likeness (QED) is 0.857. The molecule has 1 aromatic heterocycles. The number of aromatic amines is 1. The molecule has 1 fully saturated rings. The van der Waals surface area contributed by atoms with Gasteiger partial charge in [-0.05, 0) is 11.6 Å². The molecule has 25 heavy (non-hydrogen) atoms. The Morgan fingerprint density at radius 3 is 2.44 bits per heavy atom. The maximum Gasteiger partial charge on any atom is 0.253 e. The molecule has 2 amide bonds. The number of nitrogens with zero attached hydrogens (tertiary/aromatic N) is 1. The van der Waals surface area contributed by atoms with Gasteiger partial charge in [-0.25, -0.2) is 0 Å². The molecule has 7 heteroatoms. The van der Waals surface area contributed by atoms with E-state index in [9.17, 15) is 14.4 Å². The molecule has 1 atom stereocenters. The second-order valence-corrected chi connectivity index (χ2v) is 5.70. The van der Waals surface area contributed by atoms with Crippen molar-refractivity contribution in [1.29, 1.82) is 0 Å². The van der Waals surface area contributed by atoms with Crippen molar-refractivity contribution in [2.75, 3.05) is 26.3 Å². The van der Waals surface area contributed by atoms with E-state index in [1.807, 2.05) is 18.2 Å². The van der Waals surface area contributed by atoms with Crippen molar-refractivity contribution >= 4 is 11.8 Å². The minimum atomic E-state index is -0.793. The molecule has 1 aromatic carbocycles. The first-order valence-electron chi connectivity index (χ1n) is 8.06. The Morgan fingerprint density at radius 2 is 1.80 bits per heavy atom. The number of nitrogens with one attached hydrogen (secondary N) is 2. The van der Waals surface area contributed by atoms with Gasteiger partial charge in [0.25, 0.3) is 5.91 Å². The molecule has 0 bridgehead atoms. The van der Waals surface area contributed by atoms with Gasteiger partial charge < -0.3 is 19.9 Å². The Balaban J connectivity index is 1.83. The van der Waals surface area contributed by atoms with E-state index in [2.05, 4.69) is 10.3 Å². The van der Waals surface area contributed by atoms with Crippen LogP contribution in [0.25, 0.3) is 0 Å². The van der Waals surface area contributed by atoms with E-state index in [-0.39, 0.29) is 17.0 Å². The normalized spacial score (nSPS) is 15.4. The second-order valence-electron chi connectivity index (χ2n) is 5.70. The van der Waals surface area contributed by atoms with Crippen LogP contribution in [0.15, 0.2) is 53.5 Å². The molecular formula is C18H19N3O4. The van der Waals surface area contributed by atoms with E-state index in [0.29, 0.717) is 31.9 Å². The van der Waals surface area contributed by atoms with Crippen LogP contribution >= 0.6 is 0 Å². The summed E-state index contributed by atoms with van der Waals surface area (Å²) in [6, 6.07) is 11.0. The number of carbonyl (C=O) groups is 2. The highest BCUT2D eigenvalue weighted by Gasteiger charge is 2.28. The lowest BCUT2D eigenvalue weighted by molar-refractivity contribution is -0.137. The number of pyridine rings is 1. The average molecular weight is 341 g/mol. The number of H-pyrrole nitrogens is 1. The third-order valence-corrected chi connectivity index (χ3v) is 4.02. The highest BCUT2D eigenvalue weighted by atomic mass is 16.5. The van der Waals surface area contributed by atoms with E-state index < -0.39 is 11.9 Å². The van der Waals surface area contributed by atoms with Gasteiger partial charge in [-0.15, -0.1) is 0 Å². The highest BCUT2D eigenvalue weighted by molar-refractivity contribution is 5.97. The summed E-state index contributed by atoms with van der Waals surface area (Å²) in [5.74, 6) is -0.598. The van der Waals surface area contributed by atoms with Crippen molar-refractivity contribution in [3.63, 3.8) is 0 Å². The van der Waals surface area contributed by atoms with Crippen LogP contribution in [0.2, 0.25) is 0 Å². The van der Waals surface area contributed by atoms with Gasteiger partial charge in [0, 0.05) is 25.4 Å². The summed E-state index contributed by atoms with van der Waals surface area (Å²) in [4.78, 5) is 40.7. The largest absolute Gasteiger partial charge is 0.378 e. The van der Waals surface area contributed by atoms with Crippen molar-refractivity contribution in [2.45, 2.75) is 6.04 Å². The summed E-state index contributed by atoms with van der Waals surface area (Å²) in [6.45, 7) is 1.97. The number of rotatable bonds is 4. The van der Waals surface area contributed by atoms with Crippen molar-refractivity contribution in [2.24, 2.45) is 0 Å². The smallest absolute Gasteiger partial charge is 0.253 e. The van der Waals surface area contributed by atoms with Gasteiger partial charge in [0.05, 0.1) is 18.8 Å². The lowest BCUT2D eigenvalue weighted by Gasteiger charge is -2.31. The first kappa shape index (κ1) is 16.9. The van der Waals surface area contributed by atoms with Crippen molar-refractivity contribution in [3.8, 4) is 0 Å². The molecule has 0 saturated carbocycles. The number of morpholine rings is 1. The average Bonchev–Trinajstić information content (AvgIpc) is 2.67. The van der Waals surface area contributed by atoms with Gasteiger partial charge in [0.1, 0.15) is 6.04 Å². The monoisotopic (exact) mass is 341 g/mol. The maximum absolute atomic E-state index is 12.9. The number of benzene rings is 1. The Labute approximate surface area is 144 Å². The predicted octanol–water partition coefficient (Wildman–Crippen LogP) is 0.705. The first-order chi connectivity index (χ1) is 12.1. The van der Waals surface area contributed by atoms with Crippen LogP contribution in [0, 0.1) is 0 Å². The Kier molecular flexibility index (Phi) is 5.25. The van der Waals surface area contributed by atoms with Gasteiger partial charge in [0.2, 0.25) is 11.5 Å². The van der Waals surface area contributed by atoms with Crippen LogP contribution in [-0.4, -0.2) is 48.0 Å². The van der Waals surface area contributed by atoms with E-state index >= 15 is 0 Å². The zero-order valence-electron chi connectivity index (χ0n) is 13.6. The second kappa shape index (κ2) is 7.76. The molecule has 1 aliphatic rings. The van der Waals surface area contributed by atoms with Gasteiger partial charge in [-0.3, -0.25) is 14.4 Å². The third kappa shape index (κ3) is 4.13. The minimum absolute atomic E-state index is 0.174. The molecule has 1 aliphatic heterocycles. The molecule has 2 aromatic rings. The van der Waals surface area contributed by atoms with Crippen molar-refractivity contribution in [3.05, 3.63) is 70.1 Å². The fraction of sp³-hybridized carbons (Fsp3) is 0.278. The summed E-state index contributed by atoms with van der Waals surface area (Å²) < 4.78 is 5.28. The molecule has 1 unspecified atom stereocenters. The van der Waals surface area contributed by atoms with Crippen LogP contribution in [-0.2, 0) is 9.53 Å². The van der Waals surface area contributed by atoms with Crippen LogP contribution < -0.4 is 10.9 Å². The van der Waals surface area contributed by atoms with Crippen molar-refractivity contribution < 1.29 is 14.3 Å². The molecule has 0 radical (unpaired) electrons. The Hall–Kier alpha value is -2.93. The summed E-state index contributed by atoms with van der Waals surface area (Å²) in [6.07, 6.45) is 1.33. The summed E-state index contributed by atoms with van der Waals surface area (Å²) >= 11 is 0. The molecule has 0 aliphatic carbocycles. The number of hydrogen-bond acceptors (Lipinski definition) is 4. The molecule has 130 valence electrons. The van der Waals surface area contributed by atoms with E-state index in [4.69, 9.17) is 4.74 Å². The lowest BCUT2D eigenvalue weighted by Crippen LogP contribution is -2.47. The molecule has 2 N–H and O–H groups in total. The fourth-order valence-corrected chi connectivity index (χ4v) is 2.67. The van der Waals surface area contributed by atoms with E-state index in [1.165, 1.54) is 18.3 Å². The van der Waals surface area contributed by atoms with E-state index in [0.717, 1.165) is 0 Å². The van der Waals surface area contributed by atoms with Crippen LogP contribution in [0.5, 0.6) is 0 Å². The zero-order valence-corrected chi connectivity index (χ0v) is 13.6. The third-order valence-electron chi connectivity index (χ3n) is 4.02. The van der Waals surface area contributed by atoms with Crippen molar-refractivity contribution in [1.82, 2.24) is 15.2 Å². The lowest BCUT2D eigenvalue weighted by atomic mass is 10.0. The number of aromatic nitrogens is 1. The van der Waals surface area contributed by atoms with Gasteiger partial charge in [-0.2, -0.15) is 0 Å². The molecule has 7 nitrogen and oxygen atoms in total. The highest BCUT2D eigenvalue weighted by Crippen LogP contribution is 2.17. The topological polar surface area (TPSA) is 91.5 Å². The number of hydrogen-bond donors (Lipinski definition) is 2. The number of amides is 2. The van der Waals surface area contributed by atoms with Gasteiger partial charge in [-0.1, -0.05) is 30.3 Å². The summed E-state index contributed by atoms with van der Waals surface area (Å²) in [7, 11) is 0. The number of ether oxygens (including phenoxy) is 1. The Morgan fingerprint density at radius 1 is 1.08 bits per heavy atom. The van der Waals surface area contributed by atoms with Crippen LogP contribution in [0.3, 0.4) is 0 Å².